The van der Waals surface area contributed by atoms with Crippen molar-refractivity contribution < 1.29 is 9.59 Å². The Morgan fingerprint density at radius 1 is 1.33 bits per heavy atom. The summed E-state index contributed by atoms with van der Waals surface area (Å²) in [4.78, 5) is 22.5. The lowest BCUT2D eigenvalue weighted by molar-refractivity contribution is -0.125. The highest BCUT2D eigenvalue weighted by molar-refractivity contribution is 8.76. The molecule has 0 aromatic heterocycles. The molecule has 1 fully saturated rings. The average Bonchev–Trinajstić information content (AvgIpc) is 2.27. The largest absolute Gasteiger partial charge is 0.352 e. The number of ketones is 1. The lowest BCUT2D eigenvalue weighted by atomic mass is 10.1. The first kappa shape index (κ1) is 12.9. The van der Waals surface area contributed by atoms with Gasteiger partial charge in [-0.05, 0) is 6.42 Å². The number of amides is 1. The van der Waals surface area contributed by atoms with Crippen LogP contribution in [0.5, 0.6) is 0 Å². The highest BCUT2D eigenvalue weighted by atomic mass is 33.1. The Morgan fingerprint density at radius 3 is 2.73 bits per heavy atom. The standard InChI is InChI=1S/C10H17NO2S2/c1-2-9(12)3-4-10(13)11-8-5-6-14-15-7-8/h8H,2-7H2,1H3,(H,11,13). The molecule has 1 rings (SSSR count). The average molecular weight is 247 g/mol. The van der Waals surface area contributed by atoms with E-state index in [0.29, 0.717) is 25.3 Å². The number of hydrogen-bond donors (Lipinski definition) is 1. The molecule has 1 unspecified atom stereocenters. The Bertz CT molecular complexity index is 227. The van der Waals surface area contributed by atoms with Crippen molar-refractivity contribution in [2.45, 2.75) is 38.6 Å². The number of carbonyl (C=O) groups is 2. The molecule has 3 nitrogen and oxygen atoms in total. The number of Topliss-reactive ketones (excluding diaryl/α,β-unsaturated/α-hetero) is 1. The van der Waals surface area contributed by atoms with Crippen LogP contribution in [0, 0.1) is 0 Å². The van der Waals surface area contributed by atoms with E-state index in [-0.39, 0.29) is 11.7 Å². The first-order valence-corrected chi connectivity index (χ1v) is 7.76. The summed E-state index contributed by atoms with van der Waals surface area (Å²) in [7, 11) is 3.67. The summed E-state index contributed by atoms with van der Waals surface area (Å²) in [6.07, 6.45) is 2.31. The van der Waals surface area contributed by atoms with Gasteiger partial charge in [0, 0.05) is 36.8 Å². The lowest BCUT2D eigenvalue weighted by Crippen LogP contribution is -2.38. The highest BCUT2D eigenvalue weighted by Gasteiger charge is 2.16. The van der Waals surface area contributed by atoms with E-state index in [4.69, 9.17) is 0 Å². The number of rotatable bonds is 5. The summed E-state index contributed by atoms with van der Waals surface area (Å²) in [5.41, 5.74) is 0. The Kier molecular flexibility index (Phi) is 6.17. The van der Waals surface area contributed by atoms with Crippen molar-refractivity contribution in [1.82, 2.24) is 5.32 Å². The first-order valence-electron chi connectivity index (χ1n) is 5.28. The molecule has 1 aliphatic rings. The zero-order chi connectivity index (χ0) is 11.1. The minimum atomic E-state index is 0.0225. The Morgan fingerprint density at radius 2 is 2.13 bits per heavy atom. The predicted molar refractivity (Wildman–Crippen MR) is 66.0 cm³/mol. The van der Waals surface area contributed by atoms with E-state index in [9.17, 15) is 9.59 Å². The van der Waals surface area contributed by atoms with E-state index in [1.165, 1.54) is 0 Å². The van der Waals surface area contributed by atoms with Crippen molar-refractivity contribution >= 4 is 33.3 Å². The van der Waals surface area contributed by atoms with Crippen LogP contribution in [0.2, 0.25) is 0 Å². The van der Waals surface area contributed by atoms with Crippen LogP contribution in [0.1, 0.15) is 32.6 Å². The van der Waals surface area contributed by atoms with Gasteiger partial charge in [-0.2, -0.15) is 0 Å². The Labute approximate surface area is 98.5 Å². The third-order valence-corrected chi connectivity index (χ3v) is 4.81. The van der Waals surface area contributed by atoms with Gasteiger partial charge in [-0.1, -0.05) is 28.5 Å². The second-order valence-corrected chi connectivity index (χ2v) is 6.18. The monoisotopic (exact) mass is 247 g/mol. The fraction of sp³-hybridized carbons (Fsp3) is 0.800. The summed E-state index contributed by atoms with van der Waals surface area (Å²) < 4.78 is 0. The maximum absolute atomic E-state index is 11.5. The maximum atomic E-state index is 11.5. The molecular formula is C10H17NO2S2. The van der Waals surface area contributed by atoms with Gasteiger partial charge in [0.1, 0.15) is 5.78 Å². The fourth-order valence-electron chi connectivity index (χ4n) is 1.31. The van der Waals surface area contributed by atoms with Crippen LogP contribution in [0.15, 0.2) is 0 Å². The molecule has 1 aliphatic heterocycles. The van der Waals surface area contributed by atoms with E-state index in [1.807, 2.05) is 28.5 Å². The zero-order valence-corrected chi connectivity index (χ0v) is 10.6. The second kappa shape index (κ2) is 7.17. The maximum Gasteiger partial charge on any atom is 0.220 e. The molecule has 0 aromatic carbocycles. The summed E-state index contributed by atoms with van der Waals surface area (Å²) in [5.74, 6) is 2.27. The topological polar surface area (TPSA) is 46.2 Å². The summed E-state index contributed by atoms with van der Waals surface area (Å²) in [6.45, 7) is 1.83. The van der Waals surface area contributed by atoms with Crippen molar-refractivity contribution in [2.75, 3.05) is 11.5 Å². The Hall–Kier alpha value is -0.160. The SMILES string of the molecule is CCC(=O)CCC(=O)NC1CCSSC1. The van der Waals surface area contributed by atoms with Gasteiger partial charge in [0.25, 0.3) is 0 Å². The molecule has 0 spiro atoms. The zero-order valence-electron chi connectivity index (χ0n) is 8.95. The second-order valence-electron chi connectivity index (χ2n) is 3.55. The third-order valence-electron chi connectivity index (χ3n) is 2.29. The van der Waals surface area contributed by atoms with E-state index in [0.717, 1.165) is 17.9 Å². The number of hydrogen-bond acceptors (Lipinski definition) is 4. The molecule has 0 aliphatic carbocycles. The van der Waals surface area contributed by atoms with Crippen molar-refractivity contribution in [1.29, 1.82) is 0 Å². The molecule has 1 saturated heterocycles. The van der Waals surface area contributed by atoms with Gasteiger partial charge in [0.15, 0.2) is 0 Å². The van der Waals surface area contributed by atoms with Crippen LogP contribution < -0.4 is 5.32 Å². The van der Waals surface area contributed by atoms with Crippen LogP contribution >= 0.6 is 21.6 Å². The molecule has 15 heavy (non-hydrogen) atoms. The quantitative estimate of drug-likeness (QED) is 0.755. The fourth-order valence-corrected chi connectivity index (χ4v) is 3.74. The van der Waals surface area contributed by atoms with Crippen molar-refractivity contribution in [3.63, 3.8) is 0 Å². The molecule has 0 saturated carbocycles. The minimum absolute atomic E-state index is 0.0225. The summed E-state index contributed by atoms with van der Waals surface area (Å²) in [5, 5.41) is 2.97. The van der Waals surface area contributed by atoms with E-state index in [1.54, 1.807) is 0 Å². The van der Waals surface area contributed by atoms with Crippen LogP contribution in [0.4, 0.5) is 0 Å². The van der Waals surface area contributed by atoms with E-state index < -0.39 is 0 Å². The van der Waals surface area contributed by atoms with Gasteiger partial charge in [-0.25, -0.2) is 0 Å². The third kappa shape index (κ3) is 5.47. The molecule has 1 atom stereocenters. The van der Waals surface area contributed by atoms with Crippen LogP contribution in [0.3, 0.4) is 0 Å². The van der Waals surface area contributed by atoms with Crippen LogP contribution in [0.25, 0.3) is 0 Å². The molecule has 86 valence electrons. The normalized spacial score (nSPS) is 21.0. The van der Waals surface area contributed by atoms with Crippen LogP contribution in [-0.2, 0) is 9.59 Å². The Balaban J connectivity index is 2.14. The van der Waals surface area contributed by atoms with E-state index >= 15 is 0 Å². The van der Waals surface area contributed by atoms with Gasteiger partial charge in [0.05, 0.1) is 0 Å². The van der Waals surface area contributed by atoms with Gasteiger partial charge in [0.2, 0.25) is 5.91 Å². The first-order chi connectivity index (χ1) is 7.22. The van der Waals surface area contributed by atoms with Crippen LogP contribution in [-0.4, -0.2) is 29.2 Å². The molecule has 0 aromatic rings. The van der Waals surface area contributed by atoms with Crippen molar-refractivity contribution in [3.05, 3.63) is 0 Å². The number of carbonyl (C=O) groups excluding carboxylic acids is 2. The smallest absolute Gasteiger partial charge is 0.220 e. The number of nitrogens with one attached hydrogen (secondary N) is 1. The molecular weight excluding hydrogens is 230 g/mol. The summed E-state index contributed by atoms with van der Waals surface area (Å²) >= 11 is 0. The van der Waals surface area contributed by atoms with Gasteiger partial charge in [-0.15, -0.1) is 0 Å². The van der Waals surface area contributed by atoms with Crippen molar-refractivity contribution in [3.8, 4) is 0 Å². The molecule has 1 N–H and O–H groups in total. The van der Waals surface area contributed by atoms with Crippen molar-refractivity contribution in [2.24, 2.45) is 0 Å². The minimum Gasteiger partial charge on any atom is -0.352 e. The lowest BCUT2D eigenvalue weighted by Gasteiger charge is -2.21. The van der Waals surface area contributed by atoms with Gasteiger partial charge >= 0.3 is 0 Å². The predicted octanol–water partition coefficient (Wildman–Crippen LogP) is 2.02. The van der Waals surface area contributed by atoms with E-state index in [2.05, 4.69) is 5.32 Å². The molecule has 0 radical (unpaired) electrons. The molecule has 0 bridgehead atoms. The molecule has 1 amide bonds. The van der Waals surface area contributed by atoms with Gasteiger partial charge in [-0.3, -0.25) is 9.59 Å². The molecule has 1 heterocycles. The summed E-state index contributed by atoms with van der Waals surface area (Å²) in [6, 6.07) is 0.306. The van der Waals surface area contributed by atoms with Gasteiger partial charge < -0.3 is 5.32 Å². The highest BCUT2D eigenvalue weighted by Crippen LogP contribution is 2.29. The molecule has 5 heteroatoms.